The molecule has 0 saturated heterocycles. The third kappa shape index (κ3) is 3.80. The van der Waals surface area contributed by atoms with Gasteiger partial charge in [-0.05, 0) is 18.2 Å². The molecule has 0 amide bonds. The highest BCUT2D eigenvalue weighted by Gasteiger charge is 2.13. The van der Waals surface area contributed by atoms with Crippen LogP contribution in [0, 0.1) is 16.0 Å². The van der Waals surface area contributed by atoms with Crippen LogP contribution in [0.2, 0.25) is 0 Å². The second-order valence-electron chi connectivity index (χ2n) is 3.86. The molecule has 0 N–H and O–H groups in total. The number of methoxy groups -OCH3 is 1. The molecule has 0 aromatic heterocycles. The Labute approximate surface area is 112 Å². The molecule has 1 unspecified atom stereocenters. The fourth-order valence-corrected chi connectivity index (χ4v) is 1.76. The molecule has 1 atom stereocenters. The number of nitro benzene ring substituents is 1. The Hall–Kier alpha value is -1.43. The van der Waals surface area contributed by atoms with Crippen LogP contribution in [0.1, 0.15) is 13.3 Å². The molecule has 0 heterocycles. The molecule has 0 fully saturated rings. The molecular formula is C12H17NO4S. The smallest absolute Gasteiger partial charge is 0.273 e. The highest BCUT2D eigenvalue weighted by Crippen LogP contribution is 2.31. The van der Waals surface area contributed by atoms with Crippen molar-refractivity contribution in [2.24, 2.45) is 5.92 Å². The van der Waals surface area contributed by atoms with Crippen molar-refractivity contribution in [1.82, 2.24) is 0 Å². The maximum atomic E-state index is 10.6. The molecule has 0 aliphatic heterocycles. The van der Waals surface area contributed by atoms with Gasteiger partial charge in [-0.15, -0.1) is 0 Å². The minimum atomic E-state index is -0.463. The Morgan fingerprint density at radius 1 is 1.44 bits per heavy atom. The number of benzene rings is 1. The lowest BCUT2D eigenvalue weighted by atomic mass is 10.1. The first-order valence-electron chi connectivity index (χ1n) is 5.68. The van der Waals surface area contributed by atoms with Crippen LogP contribution < -0.4 is 9.47 Å². The van der Waals surface area contributed by atoms with E-state index in [1.165, 1.54) is 19.2 Å². The minimum Gasteiger partial charge on any atom is -0.493 e. The SMILES string of the molecule is CCC(CS)COc1ccc([N+](=O)[O-])cc1OC. The van der Waals surface area contributed by atoms with Crippen molar-refractivity contribution in [2.75, 3.05) is 19.5 Å². The molecule has 0 aliphatic carbocycles. The lowest BCUT2D eigenvalue weighted by Gasteiger charge is -2.15. The van der Waals surface area contributed by atoms with Crippen molar-refractivity contribution in [1.29, 1.82) is 0 Å². The summed E-state index contributed by atoms with van der Waals surface area (Å²) >= 11 is 4.23. The summed E-state index contributed by atoms with van der Waals surface area (Å²) in [6, 6.07) is 4.32. The number of nitro groups is 1. The number of ether oxygens (including phenoxy) is 2. The molecule has 1 aromatic rings. The summed E-state index contributed by atoms with van der Waals surface area (Å²) in [6.07, 6.45) is 0.971. The third-order valence-corrected chi connectivity index (χ3v) is 3.18. The average molecular weight is 271 g/mol. The molecule has 0 saturated carbocycles. The molecule has 5 nitrogen and oxygen atoms in total. The van der Waals surface area contributed by atoms with E-state index in [4.69, 9.17) is 9.47 Å². The van der Waals surface area contributed by atoms with Crippen LogP contribution in [0.4, 0.5) is 5.69 Å². The zero-order chi connectivity index (χ0) is 13.5. The normalized spacial score (nSPS) is 11.9. The fraction of sp³-hybridized carbons (Fsp3) is 0.500. The van der Waals surface area contributed by atoms with E-state index < -0.39 is 4.92 Å². The minimum absolute atomic E-state index is 0.0135. The number of thiol groups is 1. The predicted octanol–water partition coefficient (Wildman–Crippen LogP) is 2.94. The van der Waals surface area contributed by atoms with E-state index >= 15 is 0 Å². The van der Waals surface area contributed by atoms with Gasteiger partial charge >= 0.3 is 0 Å². The highest BCUT2D eigenvalue weighted by atomic mass is 32.1. The lowest BCUT2D eigenvalue weighted by Crippen LogP contribution is -2.13. The molecule has 0 bridgehead atoms. The van der Waals surface area contributed by atoms with E-state index in [1.54, 1.807) is 6.07 Å². The molecule has 0 aliphatic rings. The number of hydrogen-bond acceptors (Lipinski definition) is 5. The summed E-state index contributed by atoms with van der Waals surface area (Å²) in [5, 5.41) is 10.6. The molecule has 1 aromatic carbocycles. The summed E-state index contributed by atoms with van der Waals surface area (Å²) in [4.78, 5) is 10.2. The first kappa shape index (κ1) is 14.6. The summed E-state index contributed by atoms with van der Waals surface area (Å²) in [7, 11) is 1.46. The van der Waals surface area contributed by atoms with Gasteiger partial charge in [0.15, 0.2) is 11.5 Å². The monoisotopic (exact) mass is 271 g/mol. The van der Waals surface area contributed by atoms with Crippen molar-refractivity contribution in [3.05, 3.63) is 28.3 Å². The van der Waals surface area contributed by atoms with Gasteiger partial charge in [-0.2, -0.15) is 12.6 Å². The van der Waals surface area contributed by atoms with Crippen LogP contribution in [0.5, 0.6) is 11.5 Å². The van der Waals surface area contributed by atoms with E-state index in [2.05, 4.69) is 19.6 Å². The first-order chi connectivity index (χ1) is 8.62. The summed E-state index contributed by atoms with van der Waals surface area (Å²) < 4.78 is 10.7. The van der Waals surface area contributed by atoms with Crippen LogP contribution in [0.3, 0.4) is 0 Å². The number of non-ortho nitro benzene ring substituents is 1. The van der Waals surface area contributed by atoms with E-state index in [1.807, 2.05) is 0 Å². The summed E-state index contributed by atoms with van der Waals surface area (Å²) in [5.41, 5.74) is -0.0135. The van der Waals surface area contributed by atoms with Gasteiger partial charge in [0, 0.05) is 12.0 Å². The molecular weight excluding hydrogens is 254 g/mol. The van der Waals surface area contributed by atoms with E-state index in [9.17, 15) is 10.1 Å². The largest absolute Gasteiger partial charge is 0.493 e. The van der Waals surface area contributed by atoms with E-state index in [0.29, 0.717) is 24.0 Å². The summed E-state index contributed by atoms with van der Waals surface area (Å²) in [5.74, 6) is 1.99. The Kier molecular flexibility index (Phi) is 5.77. The molecule has 0 spiro atoms. The zero-order valence-corrected chi connectivity index (χ0v) is 11.4. The summed E-state index contributed by atoms with van der Waals surface area (Å²) in [6.45, 7) is 2.59. The Morgan fingerprint density at radius 3 is 2.67 bits per heavy atom. The fourth-order valence-electron chi connectivity index (χ4n) is 1.40. The second-order valence-corrected chi connectivity index (χ2v) is 4.23. The average Bonchev–Trinajstić information content (AvgIpc) is 2.39. The standard InChI is InChI=1S/C12H17NO4S/c1-3-9(8-18)7-17-11-5-4-10(13(14)15)6-12(11)16-2/h4-6,9,18H,3,7-8H2,1-2H3. The third-order valence-electron chi connectivity index (χ3n) is 2.67. The quantitative estimate of drug-likeness (QED) is 0.470. The maximum Gasteiger partial charge on any atom is 0.273 e. The van der Waals surface area contributed by atoms with Crippen molar-refractivity contribution in [2.45, 2.75) is 13.3 Å². The Bertz CT molecular complexity index is 407. The van der Waals surface area contributed by atoms with Crippen LogP contribution in [-0.2, 0) is 0 Å². The van der Waals surface area contributed by atoms with Crippen molar-refractivity contribution in [3.8, 4) is 11.5 Å². The van der Waals surface area contributed by atoms with Crippen LogP contribution >= 0.6 is 12.6 Å². The molecule has 1 rings (SSSR count). The van der Waals surface area contributed by atoms with Crippen LogP contribution in [0.25, 0.3) is 0 Å². The van der Waals surface area contributed by atoms with Gasteiger partial charge in [0.25, 0.3) is 5.69 Å². The van der Waals surface area contributed by atoms with E-state index in [-0.39, 0.29) is 5.69 Å². The zero-order valence-electron chi connectivity index (χ0n) is 10.5. The Morgan fingerprint density at radius 2 is 2.17 bits per heavy atom. The van der Waals surface area contributed by atoms with Crippen molar-refractivity contribution < 1.29 is 14.4 Å². The first-order valence-corrected chi connectivity index (χ1v) is 6.31. The predicted molar refractivity (Wildman–Crippen MR) is 72.8 cm³/mol. The number of hydrogen-bond donors (Lipinski definition) is 1. The number of rotatable bonds is 7. The maximum absolute atomic E-state index is 10.6. The van der Waals surface area contributed by atoms with Gasteiger partial charge in [-0.25, -0.2) is 0 Å². The van der Waals surface area contributed by atoms with Crippen molar-refractivity contribution in [3.63, 3.8) is 0 Å². The van der Waals surface area contributed by atoms with E-state index in [0.717, 1.165) is 12.2 Å². The van der Waals surface area contributed by atoms with Gasteiger partial charge in [0.1, 0.15) is 0 Å². The molecule has 6 heteroatoms. The lowest BCUT2D eigenvalue weighted by molar-refractivity contribution is -0.384. The van der Waals surface area contributed by atoms with Crippen LogP contribution in [0.15, 0.2) is 18.2 Å². The number of nitrogens with zero attached hydrogens (tertiary/aromatic N) is 1. The van der Waals surface area contributed by atoms with Gasteiger partial charge in [0.05, 0.1) is 24.7 Å². The molecule has 18 heavy (non-hydrogen) atoms. The molecule has 0 radical (unpaired) electrons. The molecule has 100 valence electrons. The topological polar surface area (TPSA) is 61.6 Å². The highest BCUT2D eigenvalue weighted by molar-refractivity contribution is 7.80. The van der Waals surface area contributed by atoms with Gasteiger partial charge in [0.2, 0.25) is 0 Å². The van der Waals surface area contributed by atoms with Crippen molar-refractivity contribution >= 4 is 18.3 Å². The van der Waals surface area contributed by atoms with Gasteiger partial charge < -0.3 is 9.47 Å². The Balaban J connectivity index is 2.79. The second kappa shape index (κ2) is 7.10. The van der Waals surface area contributed by atoms with Crippen LogP contribution in [-0.4, -0.2) is 24.4 Å². The van der Waals surface area contributed by atoms with Gasteiger partial charge in [-0.3, -0.25) is 10.1 Å². The van der Waals surface area contributed by atoms with Gasteiger partial charge in [-0.1, -0.05) is 6.92 Å².